The van der Waals surface area contributed by atoms with Crippen molar-refractivity contribution in [2.45, 2.75) is 5.54 Å². The van der Waals surface area contributed by atoms with Crippen molar-refractivity contribution >= 4 is 52.0 Å². The molecule has 4 amide bonds. The van der Waals surface area contributed by atoms with E-state index in [-0.39, 0.29) is 11.8 Å². The molecule has 6 aliphatic rings. The summed E-state index contributed by atoms with van der Waals surface area (Å²) in [5.41, 5.74) is 2.73. The van der Waals surface area contributed by atoms with Crippen LogP contribution in [-0.2, 0) is 19.2 Å². The highest BCUT2D eigenvalue weighted by atomic mass is 16.5. The Morgan fingerprint density at radius 1 is 0.574 bits per heavy atom. The third-order valence-corrected chi connectivity index (χ3v) is 10.7. The van der Waals surface area contributed by atoms with Gasteiger partial charge >= 0.3 is 0 Å². The summed E-state index contributed by atoms with van der Waals surface area (Å²) in [6, 6.07) is 31.2. The average Bonchev–Trinajstić information content (AvgIpc) is 3.68. The number of para-hydroxylation sites is 2. The van der Waals surface area contributed by atoms with Crippen molar-refractivity contribution in [3.63, 3.8) is 0 Å². The van der Waals surface area contributed by atoms with Crippen LogP contribution in [0.15, 0.2) is 109 Å². The number of allylic oxidation sites excluding steroid dienone is 1. The van der Waals surface area contributed by atoms with Crippen molar-refractivity contribution in [3.05, 3.63) is 115 Å². The lowest BCUT2D eigenvalue weighted by molar-refractivity contribution is -0.138. The van der Waals surface area contributed by atoms with Crippen LogP contribution in [-0.4, -0.2) is 43.4 Å². The number of hydrogen-bond acceptors (Lipinski definition) is 7. The summed E-state index contributed by atoms with van der Waals surface area (Å²) in [5.74, 6) is -4.81. The summed E-state index contributed by atoms with van der Waals surface area (Å²) in [7, 11) is 3.06. The molecule has 6 atom stereocenters. The summed E-state index contributed by atoms with van der Waals surface area (Å²) in [5, 5.41) is 0. The molecule has 3 aliphatic carbocycles. The molecule has 4 aromatic carbocycles. The van der Waals surface area contributed by atoms with Crippen LogP contribution < -0.4 is 24.2 Å². The minimum absolute atomic E-state index is 0.379. The summed E-state index contributed by atoms with van der Waals surface area (Å²) in [4.78, 5) is 63.8. The van der Waals surface area contributed by atoms with Gasteiger partial charge in [0, 0.05) is 35.0 Å². The van der Waals surface area contributed by atoms with Gasteiger partial charge in [-0.15, -0.1) is 0 Å². The summed E-state index contributed by atoms with van der Waals surface area (Å²) in [6.07, 6.45) is 2.02. The number of benzene rings is 4. The number of imide groups is 2. The van der Waals surface area contributed by atoms with Gasteiger partial charge in [-0.1, -0.05) is 54.6 Å². The molecular formula is C38H29N3O6. The quantitative estimate of drug-likeness (QED) is 0.281. The minimum atomic E-state index is -1.35. The molecule has 3 aliphatic heterocycles. The first-order valence-corrected chi connectivity index (χ1v) is 15.6. The number of rotatable bonds is 5. The zero-order chi connectivity index (χ0) is 32.2. The normalized spacial score (nSPS) is 28.3. The van der Waals surface area contributed by atoms with Crippen molar-refractivity contribution < 1.29 is 28.7 Å². The van der Waals surface area contributed by atoms with Gasteiger partial charge in [0.25, 0.3) is 0 Å². The van der Waals surface area contributed by atoms with E-state index in [0.717, 1.165) is 22.5 Å². The van der Waals surface area contributed by atoms with Crippen LogP contribution in [0.2, 0.25) is 0 Å². The second kappa shape index (κ2) is 9.65. The maximum absolute atomic E-state index is 15.0. The van der Waals surface area contributed by atoms with Gasteiger partial charge < -0.3 is 14.4 Å². The lowest BCUT2D eigenvalue weighted by atomic mass is 9.47. The molecule has 10 rings (SSSR count). The van der Waals surface area contributed by atoms with Crippen molar-refractivity contribution in [1.82, 2.24) is 0 Å². The lowest BCUT2D eigenvalue weighted by Crippen LogP contribution is -2.68. The Hall–Kier alpha value is -5.70. The van der Waals surface area contributed by atoms with Gasteiger partial charge in [0.2, 0.25) is 23.6 Å². The van der Waals surface area contributed by atoms with Crippen molar-refractivity contribution in [3.8, 4) is 11.5 Å². The van der Waals surface area contributed by atoms with Gasteiger partial charge in [-0.05, 0) is 48.0 Å². The van der Waals surface area contributed by atoms with E-state index in [2.05, 4.69) is 4.90 Å². The number of ether oxygens (including phenoxy) is 2. The largest absolute Gasteiger partial charge is 0.497 e. The predicted molar refractivity (Wildman–Crippen MR) is 174 cm³/mol. The van der Waals surface area contributed by atoms with Crippen LogP contribution in [0.3, 0.4) is 0 Å². The molecule has 2 unspecified atom stereocenters. The second-order valence-corrected chi connectivity index (χ2v) is 12.6. The maximum atomic E-state index is 15.0. The van der Waals surface area contributed by atoms with E-state index in [1.165, 1.54) is 24.0 Å². The number of nitrogens with zero attached hydrogens (tertiary/aromatic N) is 3. The van der Waals surface area contributed by atoms with Gasteiger partial charge in [-0.2, -0.15) is 0 Å². The average molecular weight is 624 g/mol. The number of carbonyl (C=O) groups is 4. The molecule has 232 valence electrons. The fourth-order valence-electron chi connectivity index (χ4n) is 9.11. The van der Waals surface area contributed by atoms with E-state index in [1.807, 2.05) is 60.7 Å². The fraction of sp³-hybridized carbons (Fsp3) is 0.211. The Morgan fingerprint density at radius 2 is 1.09 bits per heavy atom. The summed E-state index contributed by atoms with van der Waals surface area (Å²) < 4.78 is 10.9. The zero-order valence-electron chi connectivity index (χ0n) is 25.6. The first-order valence-electron chi connectivity index (χ1n) is 15.6. The highest BCUT2D eigenvalue weighted by Crippen LogP contribution is 2.71. The maximum Gasteiger partial charge on any atom is 0.240 e. The number of carbonyl (C=O) groups excluding carboxylic acids is 4. The summed E-state index contributed by atoms with van der Waals surface area (Å²) in [6.45, 7) is 0. The third-order valence-electron chi connectivity index (χ3n) is 10.7. The summed E-state index contributed by atoms with van der Waals surface area (Å²) >= 11 is 0. The zero-order valence-corrected chi connectivity index (χ0v) is 25.6. The first kappa shape index (κ1) is 27.6. The predicted octanol–water partition coefficient (Wildman–Crippen LogP) is 5.23. The van der Waals surface area contributed by atoms with E-state index in [1.54, 1.807) is 48.5 Å². The first-order chi connectivity index (χ1) is 22.9. The topological polar surface area (TPSA) is 96.5 Å². The van der Waals surface area contributed by atoms with Gasteiger partial charge in [-0.25, -0.2) is 9.80 Å². The minimum Gasteiger partial charge on any atom is -0.497 e. The Labute approximate surface area is 270 Å². The van der Waals surface area contributed by atoms with Crippen LogP contribution in [0.4, 0.5) is 22.7 Å². The molecule has 0 radical (unpaired) electrons. The number of amides is 4. The number of hydrogen-bond donors (Lipinski definition) is 0. The molecule has 2 bridgehead atoms. The van der Waals surface area contributed by atoms with Crippen molar-refractivity contribution in [2.75, 3.05) is 28.9 Å². The van der Waals surface area contributed by atoms with E-state index in [4.69, 9.17) is 9.47 Å². The second-order valence-electron chi connectivity index (χ2n) is 12.6. The van der Waals surface area contributed by atoms with E-state index < -0.39 is 46.9 Å². The number of anilines is 4. The van der Waals surface area contributed by atoms with E-state index in [9.17, 15) is 9.59 Å². The number of fused-ring (bicyclic) bond motifs is 1. The Balaban J connectivity index is 1.31. The molecule has 3 fully saturated rings. The van der Waals surface area contributed by atoms with Crippen molar-refractivity contribution in [2.24, 2.45) is 29.6 Å². The SMILES string of the molecule is COc1cccc(N2C(=O)[C@@H]3C4C=C5c6ccccc6N(c6ccccc6)C5([C@H]3C2=O)[C@H]2C(=O)N(c3cccc(OC)c3)C(=O)[C@@H]42)c1. The molecule has 47 heavy (non-hydrogen) atoms. The Morgan fingerprint density at radius 3 is 1.64 bits per heavy atom. The monoisotopic (exact) mass is 623 g/mol. The molecule has 2 saturated heterocycles. The molecule has 9 heteroatoms. The molecule has 1 spiro atoms. The smallest absolute Gasteiger partial charge is 0.240 e. The highest BCUT2D eigenvalue weighted by molar-refractivity contribution is 6.29. The van der Waals surface area contributed by atoms with Crippen LogP contribution in [0.1, 0.15) is 5.56 Å². The lowest BCUT2D eigenvalue weighted by Gasteiger charge is -2.57. The third kappa shape index (κ3) is 3.33. The van der Waals surface area contributed by atoms with Crippen LogP contribution >= 0.6 is 0 Å². The van der Waals surface area contributed by atoms with E-state index >= 15 is 9.59 Å². The van der Waals surface area contributed by atoms with Gasteiger partial charge in [0.1, 0.15) is 11.5 Å². The Bertz CT molecular complexity index is 1980. The highest BCUT2D eigenvalue weighted by Gasteiger charge is 2.80. The van der Waals surface area contributed by atoms with Crippen LogP contribution in [0, 0.1) is 29.6 Å². The molecule has 0 aromatic heterocycles. The molecule has 1 saturated carbocycles. The molecular weight excluding hydrogens is 594 g/mol. The number of methoxy groups -OCH3 is 2. The van der Waals surface area contributed by atoms with Crippen LogP contribution in [0.25, 0.3) is 5.57 Å². The fourth-order valence-corrected chi connectivity index (χ4v) is 9.11. The van der Waals surface area contributed by atoms with Crippen molar-refractivity contribution in [1.29, 1.82) is 0 Å². The molecule has 4 aromatic rings. The van der Waals surface area contributed by atoms with E-state index in [0.29, 0.717) is 22.9 Å². The standard InChI is InChI=1S/C38H29N3O6/c1-46-24-14-8-12-22(18-24)39-34(42)30-27-20-28-26-16-6-7-17-29(26)41(21-10-4-3-5-11-21)38(28,32(30)36(39)44)33-31(27)35(43)40(37(33)45)23-13-9-15-25(19-23)47-2/h3-20,27,30-33H,1-2H3/t27?,30-,31+,32-,33-,38?/m1/s1. The van der Waals surface area contributed by atoms with Gasteiger partial charge in [0.05, 0.1) is 54.8 Å². The van der Waals surface area contributed by atoms with Crippen LogP contribution in [0.5, 0.6) is 11.5 Å². The molecule has 3 heterocycles. The Kier molecular flexibility index (Phi) is 5.67. The van der Waals surface area contributed by atoms with Gasteiger partial charge in [0.15, 0.2) is 0 Å². The molecule has 9 nitrogen and oxygen atoms in total. The van der Waals surface area contributed by atoms with Gasteiger partial charge in [-0.3, -0.25) is 19.2 Å². The molecule has 0 N–H and O–H groups in total.